The van der Waals surface area contributed by atoms with Crippen molar-refractivity contribution >= 4 is 15.5 Å². The van der Waals surface area contributed by atoms with E-state index < -0.39 is 15.5 Å². The molecule has 0 radical (unpaired) electrons. The smallest absolute Gasteiger partial charge is 0.870 e. The fraction of sp³-hybridized carbons (Fsp3) is 0. The molecular formula is HAlF3KO. The van der Waals surface area contributed by atoms with E-state index in [0.717, 1.165) is 0 Å². The molecule has 0 unspecified atom stereocenters. The molecule has 0 aliphatic rings. The fourth-order valence-corrected chi connectivity index (χ4v) is 0. The van der Waals surface area contributed by atoms with Crippen LogP contribution in [-0.4, -0.2) is 21.0 Å². The largest absolute Gasteiger partial charge is 1.04 e. The summed E-state index contributed by atoms with van der Waals surface area (Å²) < 4.78 is 29.4. The van der Waals surface area contributed by atoms with Crippen LogP contribution >= 0.6 is 0 Å². The zero-order valence-electron chi connectivity index (χ0n) is 3.16. The molecule has 0 aliphatic carbocycles. The first-order chi connectivity index (χ1) is 1.73. The minimum atomic E-state index is -4.64. The average Bonchev–Trinajstić information content (AvgIpc) is 0.811. The molecule has 0 saturated heterocycles. The van der Waals surface area contributed by atoms with Crippen LogP contribution in [0.25, 0.3) is 0 Å². The maximum atomic E-state index is 9.81. The van der Waals surface area contributed by atoms with Gasteiger partial charge in [-0.2, -0.15) is 0 Å². The van der Waals surface area contributed by atoms with Gasteiger partial charge in [-0.05, 0) is 0 Å². The van der Waals surface area contributed by atoms with Gasteiger partial charge < -0.3 is 16.0 Å². The monoisotopic (exact) mass is 140 g/mol. The van der Waals surface area contributed by atoms with Crippen molar-refractivity contribution in [2.45, 2.75) is 0 Å². The Balaban J connectivity index is -0.0000000450. The van der Waals surface area contributed by atoms with E-state index >= 15 is 0 Å². The van der Waals surface area contributed by atoms with Gasteiger partial charge in [-0.3, -0.25) is 0 Å². The Labute approximate surface area is 81.5 Å². The van der Waals surface area contributed by atoms with E-state index in [-0.39, 0.29) is 56.9 Å². The number of hydrogen-bond acceptors (Lipinski definition) is 1. The number of rotatable bonds is 0. The molecule has 0 bridgehead atoms. The Morgan fingerprint density at radius 2 is 1.00 bits per heavy atom. The molecule has 0 atom stereocenters. The summed E-state index contributed by atoms with van der Waals surface area (Å²) in [5, 5.41) is 0. The molecule has 0 fully saturated rings. The maximum Gasteiger partial charge on any atom is 1.04 e. The van der Waals surface area contributed by atoms with Crippen molar-refractivity contribution < 1.29 is 67.4 Å². The molecular weight excluding hydrogens is 139 g/mol. The molecule has 0 amide bonds. The van der Waals surface area contributed by atoms with Crippen LogP contribution in [0.15, 0.2) is 0 Å². The molecule has 6 heteroatoms. The third-order valence-electron chi connectivity index (χ3n) is 0. The van der Waals surface area contributed by atoms with Gasteiger partial charge >= 0.3 is 66.9 Å². The Kier molecular flexibility index (Phi) is 26.2. The average molecular weight is 140 g/mol. The van der Waals surface area contributed by atoms with Gasteiger partial charge in [-0.1, -0.05) is 0 Å². The molecule has 0 saturated carbocycles. The van der Waals surface area contributed by atoms with Crippen LogP contribution in [0.2, 0.25) is 0 Å². The zero-order chi connectivity index (χ0) is 3.58. The fourth-order valence-electron chi connectivity index (χ4n) is 0. The topological polar surface area (TPSA) is 30.0 Å². The van der Waals surface area contributed by atoms with Crippen LogP contribution < -0.4 is 51.4 Å². The molecule has 32 valence electrons. The minimum Gasteiger partial charge on any atom is -0.870 e. The zero-order valence-corrected chi connectivity index (χ0v) is 7.44. The standard InChI is InChI=1S/Al.3FH.K.H2O/h;3*1H;;1H2/q+3;;;;+1;/p-4. The van der Waals surface area contributed by atoms with Crippen molar-refractivity contribution in [1.29, 1.82) is 0 Å². The van der Waals surface area contributed by atoms with Gasteiger partial charge in [0.2, 0.25) is 0 Å². The van der Waals surface area contributed by atoms with Gasteiger partial charge in [0.15, 0.2) is 0 Å². The van der Waals surface area contributed by atoms with E-state index in [9.17, 15) is 10.6 Å². The normalized spacial score (nSPS) is 4.50. The van der Waals surface area contributed by atoms with Crippen LogP contribution in [0.1, 0.15) is 0 Å². The molecule has 0 aliphatic heterocycles. The summed E-state index contributed by atoms with van der Waals surface area (Å²) >= 11 is -4.64. The first-order valence-electron chi connectivity index (χ1n) is 0.655. The molecule has 0 aromatic heterocycles. The third-order valence-corrected chi connectivity index (χ3v) is 0. The number of hydrogen-bond donors (Lipinski definition) is 0. The molecule has 0 aromatic rings. The third kappa shape index (κ3) is 38.9. The van der Waals surface area contributed by atoms with E-state index in [1.54, 1.807) is 0 Å². The minimum absolute atomic E-state index is 0. The molecule has 0 heterocycles. The summed E-state index contributed by atoms with van der Waals surface area (Å²) in [5.74, 6) is 0. The van der Waals surface area contributed by atoms with Crippen LogP contribution in [0.5, 0.6) is 0 Å². The molecule has 6 heavy (non-hydrogen) atoms. The van der Waals surface area contributed by atoms with Gasteiger partial charge in [-0.25, -0.2) is 0 Å². The predicted octanol–water partition coefficient (Wildman–Crippen LogP) is -2.29. The summed E-state index contributed by atoms with van der Waals surface area (Å²) in [6, 6.07) is 0. The first kappa shape index (κ1) is 15.7. The Morgan fingerprint density at radius 3 is 1.00 bits per heavy atom. The Bertz CT molecular complexity index is 15.5. The van der Waals surface area contributed by atoms with E-state index in [2.05, 4.69) is 0 Å². The summed E-state index contributed by atoms with van der Waals surface area (Å²) in [4.78, 5) is 0. The summed E-state index contributed by atoms with van der Waals surface area (Å²) in [6.07, 6.45) is 0. The van der Waals surface area contributed by atoms with E-state index in [1.165, 1.54) is 0 Å². The van der Waals surface area contributed by atoms with E-state index in [0.29, 0.717) is 0 Å². The molecule has 0 aromatic carbocycles. The van der Waals surface area contributed by atoms with Crippen LogP contribution in [-0.2, 0) is 0 Å². The van der Waals surface area contributed by atoms with Crippen molar-refractivity contribution in [3.05, 3.63) is 0 Å². The molecule has 1 N–H and O–H groups in total. The first-order valence-corrected chi connectivity index (χ1v) is 1.96. The molecule has 0 spiro atoms. The van der Waals surface area contributed by atoms with Crippen molar-refractivity contribution in [3.8, 4) is 0 Å². The molecule has 0 rings (SSSR count). The summed E-state index contributed by atoms with van der Waals surface area (Å²) in [7, 11) is 0. The van der Waals surface area contributed by atoms with Crippen LogP contribution in [0.3, 0.4) is 0 Å². The Hall–Kier alpha value is 1.92. The summed E-state index contributed by atoms with van der Waals surface area (Å²) in [5.41, 5.74) is 0. The van der Waals surface area contributed by atoms with Crippen molar-refractivity contribution in [1.82, 2.24) is 0 Å². The van der Waals surface area contributed by atoms with Gasteiger partial charge in [0.05, 0.1) is 0 Å². The van der Waals surface area contributed by atoms with Crippen LogP contribution in [0, 0.1) is 0 Å². The van der Waals surface area contributed by atoms with Crippen molar-refractivity contribution in [2.75, 3.05) is 0 Å². The Morgan fingerprint density at radius 1 is 1.00 bits per heavy atom. The second-order valence-corrected chi connectivity index (χ2v) is 0.742. The second kappa shape index (κ2) is 10.0. The number of halogens is 3. The second-order valence-electron chi connectivity index (χ2n) is 0.247. The molecule has 1 nitrogen and oxygen atoms in total. The van der Waals surface area contributed by atoms with E-state index in [4.69, 9.17) is 0 Å². The van der Waals surface area contributed by atoms with Crippen molar-refractivity contribution in [3.63, 3.8) is 0 Å². The van der Waals surface area contributed by atoms with Gasteiger partial charge in [0, 0.05) is 0 Å². The SMILES string of the molecule is [F][Al]([F])[F].[K+].[OH-]. The van der Waals surface area contributed by atoms with Gasteiger partial charge in [0.25, 0.3) is 0 Å². The van der Waals surface area contributed by atoms with Crippen LogP contribution in [0.4, 0.5) is 10.6 Å². The van der Waals surface area contributed by atoms with Gasteiger partial charge in [0.1, 0.15) is 0 Å². The summed E-state index contributed by atoms with van der Waals surface area (Å²) in [6.45, 7) is 0. The van der Waals surface area contributed by atoms with Crippen molar-refractivity contribution in [2.24, 2.45) is 0 Å². The van der Waals surface area contributed by atoms with Gasteiger partial charge in [-0.15, -0.1) is 0 Å². The van der Waals surface area contributed by atoms with E-state index in [1.807, 2.05) is 0 Å². The quantitative estimate of drug-likeness (QED) is 0.348. The maximum absolute atomic E-state index is 9.81. The predicted molar refractivity (Wildman–Crippen MR) is 11.0 cm³/mol.